The molecule has 0 radical (unpaired) electrons. The number of halogens is 2. The maximum absolute atomic E-state index is 8.77. The number of aromatic nitrogens is 2. The number of ether oxygens (including phenoxy) is 1. The fourth-order valence-electron chi connectivity index (χ4n) is 2.26. The van der Waals surface area contributed by atoms with Crippen molar-refractivity contribution >= 4 is 44.3 Å². The van der Waals surface area contributed by atoms with E-state index in [0.29, 0.717) is 36.9 Å². The van der Waals surface area contributed by atoms with Crippen molar-refractivity contribution in [1.82, 2.24) is 9.97 Å². The van der Waals surface area contributed by atoms with Gasteiger partial charge in [-0.3, -0.25) is 0 Å². The molecule has 0 unspecified atom stereocenters. The van der Waals surface area contributed by atoms with Crippen LogP contribution in [0.15, 0.2) is 16.9 Å². The molecule has 5 nitrogen and oxygen atoms in total. The lowest BCUT2D eigenvalue weighted by atomic mass is 10.2. The van der Waals surface area contributed by atoms with Crippen LogP contribution in [0.1, 0.15) is 6.42 Å². The first-order valence-electron chi connectivity index (χ1n) is 6.09. The van der Waals surface area contributed by atoms with Gasteiger partial charge in [-0.1, -0.05) is 11.6 Å². The third-order valence-electron chi connectivity index (χ3n) is 3.16. The molecular formula is C13H10BrClN4O. The van der Waals surface area contributed by atoms with Gasteiger partial charge in [-0.15, -0.1) is 0 Å². The van der Waals surface area contributed by atoms with Gasteiger partial charge in [0.05, 0.1) is 35.0 Å². The van der Waals surface area contributed by atoms with Gasteiger partial charge < -0.3 is 9.64 Å². The second-order valence-electron chi connectivity index (χ2n) is 4.34. The standard InChI is InChI=1S/C13H10BrClN4O/c14-8-6-9-10-12(11(8)15)20-5-4-19(3-1-2-16)13(10)18-7-17-9/h6-7H,1,3-5H2. The largest absolute Gasteiger partial charge is 0.489 e. The van der Waals surface area contributed by atoms with E-state index in [2.05, 4.69) is 32.0 Å². The van der Waals surface area contributed by atoms with Crippen molar-refractivity contribution in [3.63, 3.8) is 0 Å². The number of anilines is 1. The minimum absolute atomic E-state index is 0.436. The second-order valence-corrected chi connectivity index (χ2v) is 5.57. The Labute approximate surface area is 129 Å². The number of hydrogen-bond acceptors (Lipinski definition) is 5. The molecule has 2 heterocycles. The summed E-state index contributed by atoms with van der Waals surface area (Å²) >= 11 is 9.71. The normalized spacial score (nSPS) is 13.8. The Bertz CT molecular complexity index is 716. The summed E-state index contributed by atoms with van der Waals surface area (Å²) in [5.41, 5.74) is 0.769. The van der Waals surface area contributed by atoms with Crippen LogP contribution in [0.5, 0.6) is 5.75 Å². The molecule has 2 aromatic rings. The van der Waals surface area contributed by atoms with E-state index in [0.717, 1.165) is 21.2 Å². The summed E-state index contributed by atoms with van der Waals surface area (Å²) in [6, 6.07) is 4.00. The third kappa shape index (κ3) is 2.17. The summed E-state index contributed by atoms with van der Waals surface area (Å²) in [7, 11) is 0. The van der Waals surface area contributed by atoms with Gasteiger partial charge in [-0.2, -0.15) is 5.26 Å². The Morgan fingerprint density at radius 2 is 2.35 bits per heavy atom. The predicted octanol–water partition coefficient (Wildman–Crippen LogP) is 3.16. The van der Waals surface area contributed by atoms with E-state index in [-0.39, 0.29) is 0 Å². The summed E-state index contributed by atoms with van der Waals surface area (Å²) in [5, 5.41) is 10.1. The molecule has 0 bridgehead atoms. The number of rotatable bonds is 2. The minimum Gasteiger partial charge on any atom is -0.489 e. The maximum Gasteiger partial charge on any atom is 0.152 e. The van der Waals surface area contributed by atoms with Gasteiger partial charge in [0.1, 0.15) is 18.8 Å². The molecule has 0 N–H and O–H groups in total. The Morgan fingerprint density at radius 3 is 3.15 bits per heavy atom. The fraction of sp³-hybridized carbons (Fsp3) is 0.308. The molecule has 0 amide bonds. The molecule has 102 valence electrons. The Balaban J connectivity index is 2.24. The number of hydrogen-bond donors (Lipinski definition) is 0. The highest BCUT2D eigenvalue weighted by atomic mass is 79.9. The summed E-state index contributed by atoms with van der Waals surface area (Å²) in [6.45, 7) is 1.77. The van der Waals surface area contributed by atoms with Crippen LogP contribution < -0.4 is 9.64 Å². The highest BCUT2D eigenvalue weighted by molar-refractivity contribution is 9.10. The first-order valence-corrected chi connectivity index (χ1v) is 7.27. The van der Waals surface area contributed by atoms with Gasteiger partial charge in [0.2, 0.25) is 0 Å². The highest BCUT2D eigenvalue weighted by Gasteiger charge is 2.23. The summed E-state index contributed by atoms with van der Waals surface area (Å²) < 4.78 is 6.52. The zero-order chi connectivity index (χ0) is 14.1. The maximum atomic E-state index is 8.77. The van der Waals surface area contributed by atoms with Crippen molar-refractivity contribution < 1.29 is 4.74 Å². The molecule has 0 saturated carbocycles. The fourth-order valence-corrected chi connectivity index (χ4v) is 2.86. The average molecular weight is 354 g/mol. The third-order valence-corrected chi connectivity index (χ3v) is 4.39. The van der Waals surface area contributed by atoms with E-state index in [9.17, 15) is 0 Å². The minimum atomic E-state index is 0.436. The van der Waals surface area contributed by atoms with Gasteiger partial charge in [-0.25, -0.2) is 9.97 Å². The van der Waals surface area contributed by atoms with Crippen molar-refractivity contribution in [2.24, 2.45) is 0 Å². The van der Waals surface area contributed by atoms with Crippen LogP contribution in [0.4, 0.5) is 5.82 Å². The lowest BCUT2D eigenvalue weighted by Crippen LogP contribution is -2.28. The van der Waals surface area contributed by atoms with E-state index in [1.54, 1.807) is 0 Å². The summed E-state index contributed by atoms with van der Waals surface area (Å²) in [5.74, 6) is 1.37. The van der Waals surface area contributed by atoms with Crippen molar-refractivity contribution in [2.75, 3.05) is 24.6 Å². The lowest BCUT2D eigenvalue weighted by molar-refractivity contribution is 0.331. The molecule has 3 rings (SSSR count). The van der Waals surface area contributed by atoms with E-state index >= 15 is 0 Å². The molecule has 7 heteroatoms. The van der Waals surface area contributed by atoms with Crippen LogP contribution >= 0.6 is 27.5 Å². The molecule has 0 saturated heterocycles. The highest BCUT2D eigenvalue weighted by Crippen LogP contribution is 2.43. The first kappa shape index (κ1) is 13.4. The molecular weight excluding hydrogens is 344 g/mol. The van der Waals surface area contributed by atoms with Gasteiger partial charge >= 0.3 is 0 Å². The number of nitrogens with zero attached hydrogens (tertiary/aromatic N) is 4. The zero-order valence-corrected chi connectivity index (χ0v) is 12.8. The van der Waals surface area contributed by atoms with Crippen molar-refractivity contribution in [2.45, 2.75) is 6.42 Å². The molecule has 1 aliphatic rings. The molecule has 20 heavy (non-hydrogen) atoms. The predicted molar refractivity (Wildman–Crippen MR) is 80.2 cm³/mol. The van der Waals surface area contributed by atoms with E-state index in [1.807, 2.05) is 11.0 Å². The van der Waals surface area contributed by atoms with Gasteiger partial charge in [-0.05, 0) is 22.0 Å². The van der Waals surface area contributed by atoms with E-state index < -0.39 is 0 Å². The molecule has 1 aromatic carbocycles. The quantitative estimate of drug-likeness (QED) is 0.830. The molecule has 0 atom stereocenters. The van der Waals surface area contributed by atoms with Crippen molar-refractivity contribution in [3.05, 3.63) is 21.9 Å². The van der Waals surface area contributed by atoms with Gasteiger partial charge in [0.25, 0.3) is 0 Å². The van der Waals surface area contributed by atoms with E-state index in [4.69, 9.17) is 21.6 Å². The number of nitriles is 1. The molecule has 0 aliphatic carbocycles. The van der Waals surface area contributed by atoms with E-state index in [1.165, 1.54) is 6.33 Å². The zero-order valence-electron chi connectivity index (χ0n) is 10.4. The van der Waals surface area contributed by atoms with Crippen LogP contribution in [0.2, 0.25) is 5.02 Å². The first-order chi connectivity index (χ1) is 9.72. The van der Waals surface area contributed by atoms with Crippen LogP contribution in [0, 0.1) is 11.3 Å². The molecule has 0 spiro atoms. The van der Waals surface area contributed by atoms with Crippen molar-refractivity contribution in [3.8, 4) is 11.8 Å². The van der Waals surface area contributed by atoms with Gasteiger partial charge in [0, 0.05) is 11.0 Å². The monoisotopic (exact) mass is 352 g/mol. The summed E-state index contributed by atoms with van der Waals surface area (Å²) in [4.78, 5) is 10.7. The van der Waals surface area contributed by atoms with Crippen LogP contribution in [-0.4, -0.2) is 29.7 Å². The van der Waals surface area contributed by atoms with Crippen molar-refractivity contribution in [1.29, 1.82) is 5.26 Å². The molecule has 1 aliphatic heterocycles. The molecule has 1 aromatic heterocycles. The van der Waals surface area contributed by atoms with Gasteiger partial charge in [0.15, 0.2) is 5.75 Å². The number of benzene rings is 1. The van der Waals surface area contributed by atoms with Crippen LogP contribution in [0.3, 0.4) is 0 Å². The van der Waals surface area contributed by atoms with Crippen LogP contribution in [0.25, 0.3) is 10.9 Å². The topological polar surface area (TPSA) is 62.0 Å². The molecule has 0 fully saturated rings. The van der Waals surface area contributed by atoms with Crippen LogP contribution in [-0.2, 0) is 0 Å². The Morgan fingerprint density at radius 1 is 1.50 bits per heavy atom. The second kappa shape index (κ2) is 5.43. The lowest BCUT2D eigenvalue weighted by Gasteiger charge is -2.20. The smallest absolute Gasteiger partial charge is 0.152 e. The Hall–Kier alpha value is -1.58. The SMILES string of the molecule is N#CCCN1CCOc2c(Cl)c(Br)cc3ncnc1c23. The Kier molecular flexibility index (Phi) is 3.64. The average Bonchev–Trinajstić information content (AvgIpc) is 2.63. The summed E-state index contributed by atoms with van der Waals surface area (Å²) in [6.07, 6.45) is 1.96.